The Morgan fingerprint density at radius 2 is 1.18 bits per heavy atom. The topological polar surface area (TPSA) is 159 Å². The molecular weight excluding hydrogens is 446 g/mol. The maximum absolute atomic E-state index is 11.9. The van der Waals surface area contributed by atoms with Crippen LogP contribution in [0.25, 0.3) is 0 Å². The Labute approximate surface area is 200 Å². The zero-order valence-electron chi connectivity index (χ0n) is 19.9. The first-order chi connectivity index (χ1) is 15.9. The molecule has 0 fully saturated rings. The van der Waals surface area contributed by atoms with E-state index in [-0.39, 0.29) is 36.4 Å². The van der Waals surface area contributed by atoms with Crippen LogP contribution in [-0.2, 0) is 19.2 Å². The van der Waals surface area contributed by atoms with E-state index in [0.717, 1.165) is 11.8 Å². The van der Waals surface area contributed by atoms with E-state index in [2.05, 4.69) is 21.3 Å². The molecule has 0 aliphatic carbocycles. The fourth-order valence-electron chi connectivity index (χ4n) is 1.89. The smallest absolute Gasteiger partial charge is 0.239 e. The maximum Gasteiger partial charge on any atom is 0.239 e. The van der Waals surface area contributed by atoms with Crippen molar-refractivity contribution in [2.45, 2.75) is 34.1 Å². The van der Waals surface area contributed by atoms with Crippen molar-refractivity contribution in [1.29, 1.82) is 0 Å². The van der Waals surface area contributed by atoms with Gasteiger partial charge in [0, 0.05) is 12.1 Å². The summed E-state index contributed by atoms with van der Waals surface area (Å²) in [4.78, 5) is 58.2. The van der Waals surface area contributed by atoms with Gasteiger partial charge in [0.2, 0.25) is 28.7 Å². The number of hydrogen-bond donors (Lipinski definition) is 5. The van der Waals surface area contributed by atoms with Gasteiger partial charge in [0.25, 0.3) is 0 Å². The second-order valence-electron chi connectivity index (χ2n) is 5.76. The quantitative estimate of drug-likeness (QED) is 0.269. The van der Waals surface area contributed by atoms with Crippen molar-refractivity contribution in [3.63, 3.8) is 0 Å². The molecule has 0 aromatic heterocycles. The average molecular weight is 484 g/mol. The van der Waals surface area contributed by atoms with Gasteiger partial charge in [-0.2, -0.15) is 0 Å². The maximum atomic E-state index is 11.9. The highest BCUT2D eigenvalue weighted by molar-refractivity contribution is 8.14. The Hall–Kier alpha value is -2.92. The summed E-state index contributed by atoms with van der Waals surface area (Å²) in [6, 6.07) is 8.53. The van der Waals surface area contributed by atoms with Gasteiger partial charge < -0.3 is 27.0 Å². The number of benzene rings is 1. The SMILES string of the molecule is CC.CC.NCCCNC(=O)CNC(=O)CNC(=O)CNC(=O)CSC(=O)c1ccccc1. The highest BCUT2D eigenvalue weighted by Gasteiger charge is 2.11. The fourth-order valence-corrected chi connectivity index (χ4v) is 2.56. The van der Waals surface area contributed by atoms with Crippen LogP contribution < -0.4 is 27.0 Å². The molecule has 1 rings (SSSR count). The Balaban J connectivity index is 0. The molecule has 0 bridgehead atoms. The number of thioether (sulfide) groups is 1. The van der Waals surface area contributed by atoms with Gasteiger partial charge in [-0.25, -0.2) is 0 Å². The second-order valence-corrected chi connectivity index (χ2v) is 6.71. The van der Waals surface area contributed by atoms with Crippen LogP contribution in [-0.4, -0.2) is 67.2 Å². The molecule has 6 N–H and O–H groups in total. The molecule has 0 heterocycles. The molecule has 0 saturated heterocycles. The van der Waals surface area contributed by atoms with E-state index >= 15 is 0 Å². The summed E-state index contributed by atoms with van der Waals surface area (Å²) in [5.74, 6) is -2.07. The number of nitrogens with one attached hydrogen (secondary N) is 4. The van der Waals surface area contributed by atoms with Crippen molar-refractivity contribution in [2.24, 2.45) is 5.73 Å². The molecule has 0 aliphatic heterocycles. The van der Waals surface area contributed by atoms with Crippen LogP contribution in [0.4, 0.5) is 0 Å². The first-order valence-corrected chi connectivity index (χ1v) is 11.9. The second kappa shape index (κ2) is 22.3. The number of nitrogens with two attached hydrogens (primary N) is 1. The molecule has 0 saturated carbocycles. The normalized spacial score (nSPS) is 9.12. The summed E-state index contributed by atoms with van der Waals surface area (Å²) in [6.45, 7) is 8.02. The molecule has 10 nitrogen and oxygen atoms in total. The third-order valence-corrected chi connectivity index (χ3v) is 4.29. The Morgan fingerprint density at radius 1 is 0.727 bits per heavy atom. The van der Waals surface area contributed by atoms with Gasteiger partial charge in [-0.15, -0.1) is 0 Å². The minimum Gasteiger partial charge on any atom is -0.355 e. The zero-order valence-corrected chi connectivity index (χ0v) is 20.7. The summed E-state index contributed by atoms with van der Waals surface area (Å²) < 4.78 is 0. The van der Waals surface area contributed by atoms with Crippen LogP contribution in [0.5, 0.6) is 0 Å². The third-order valence-electron chi connectivity index (χ3n) is 3.39. The fraction of sp³-hybridized carbons (Fsp3) is 0.500. The molecule has 1 aromatic carbocycles. The van der Waals surface area contributed by atoms with Crippen molar-refractivity contribution in [3.05, 3.63) is 35.9 Å². The molecule has 4 amide bonds. The van der Waals surface area contributed by atoms with E-state index in [1.807, 2.05) is 27.7 Å². The number of hydrogen-bond acceptors (Lipinski definition) is 7. The zero-order chi connectivity index (χ0) is 25.5. The van der Waals surface area contributed by atoms with E-state index in [1.165, 1.54) is 0 Å². The van der Waals surface area contributed by atoms with Crippen LogP contribution >= 0.6 is 11.8 Å². The van der Waals surface area contributed by atoms with Crippen LogP contribution in [0, 0.1) is 0 Å². The van der Waals surface area contributed by atoms with Crippen molar-refractivity contribution in [3.8, 4) is 0 Å². The molecule has 0 spiro atoms. The Kier molecular flexibility index (Phi) is 21.8. The van der Waals surface area contributed by atoms with Gasteiger partial charge in [0.15, 0.2) is 0 Å². The van der Waals surface area contributed by atoms with Crippen molar-refractivity contribution in [1.82, 2.24) is 21.3 Å². The Bertz CT molecular complexity index is 716. The lowest BCUT2D eigenvalue weighted by Crippen LogP contribution is -2.44. The number of carbonyl (C=O) groups is 5. The first kappa shape index (κ1) is 32.3. The third kappa shape index (κ3) is 18.4. The summed E-state index contributed by atoms with van der Waals surface area (Å²) in [5, 5.41) is 9.36. The standard InChI is InChI=1S/C18H25N5O5S.2C2H6/c19-7-4-8-20-14(24)9-21-15(25)10-22-16(26)11-23-17(27)12-29-18(28)13-5-2-1-3-6-13;2*1-2/h1-3,5-6H,4,7-12,19H2,(H,20,24)(H,21,25)(H,22,26)(H,23,27);2*1-2H3. The monoisotopic (exact) mass is 483 g/mol. The van der Waals surface area contributed by atoms with Gasteiger partial charge in [-0.1, -0.05) is 69.8 Å². The van der Waals surface area contributed by atoms with Gasteiger partial charge >= 0.3 is 0 Å². The summed E-state index contributed by atoms with van der Waals surface area (Å²) >= 11 is 0.832. The van der Waals surface area contributed by atoms with E-state index in [4.69, 9.17) is 5.73 Å². The van der Waals surface area contributed by atoms with E-state index in [9.17, 15) is 24.0 Å². The highest BCUT2D eigenvalue weighted by atomic mass is 32.2. The molecule has 0 unspecified atom stereocenters. The lowest BCUT2D eigenvalue weighted by molar-refractivity contribution is -0.128. The van der Waals surface area contributed by atoms with Crippen molar-refractivity contribution in [2.75, 3.05) is 38.5 Å². The molecule has 1 aromatic rings. The molecule has 0 aliphatic rings. The number of amides is 4. The van der Waals surface area contributed by atoms with Gasteiger partial charge in [0.1, 0.15) is 0 Å². The molecule has 186 valence electrons. The molecule has 0 radical (unpaired) electrons. The van der Waals surface area contributed by atoms with Gasteiger partial charge in [-0.3, -0.25) is 24.0 Å². The van der Waals surface area contributed by atoms with E-state index < -0.39 is 17.7 Å². The van der Waals surface area contributed by atoms with Crippen LogP contribution in [0.3, 0.4) is 0 Å². The van der Waals surface area contributed by atoms with E-state index in [1.54, 1.807) is 30.3 Å². The molecule has 33 heavy (non-hydrogen) atoms. The summed E-state index contributed by atoms with van der Waals surface area (Å²) in [5.41, 5.74) is 5.79. The highest BCUT2D eigenvalue weighted by Crippen LogP contribution is 2.11. The van der Waals surface area contributed by atoms with Gasteiger partial charge in [0.05, 0.1) is 25.4 Å². The minimum atomic E-state index is -0.569. The van der Waals surface area contributed by atoms with Crippen LogP contribution in [0.15, 0.2) is 30.3 Å². The van der Waals surface area contributed by atoms with Crippen LogP contribution in [0.2, 0.25) is 0 Å². The molecular formula is C22H37N5O5S. The number of rotatable bonds is 12. The largest absolute Gasteiger partial charge is 0.355 e. The van der Waals surface area contributed by atoms with Crippen LogP contribution in [0.1, 0.15) is 44.5 Å². The minimum absolute atomic E-state index is 0.124. The number of carbonyl (C=O) groups excluding carboxylic acids is 5. The Morgan fingerprint density at radius 3 is 1.67 bits per heavy atom. The van der Waals surface area contributed by atoms with E-state index in [0.29, 0.717) is 25.1 Å². The lowest BCUT2D eigenvalue weighted by atomic mass is 10.2. The van der Waals surface area contributed by atoms with Crippen molar-refractivity contribution >= 4 is 40.5 Å². The molecule has 11 heteroatoms. The predicted octanol–water partition coefficient (Wildman–Crippen LogP) is 0.426. The van der Waals surface area contributed by atoms with Crippen molar-refractivity contribution < 1.29 is 24.0 Å². The first-order valence-electron chi connectivity index (χ1n) is 10.9. The predicted molar refractivity (Wildman–Crippen MR) is 132 cm³/mol. The average Bonchev–Trinajstić information content (AvgIpc) is 2.86. The van der Waals surface area contributed by atoms with Gasteiger partial charge in [-0.05, 0) is 13.0 Å². The summed E-state index contributed by atoms with van der Waals surface area (Å²) in [7, 11) is 0. The lowest BCUT2D eigenvalue weighted by Gasteiger charge is -2.08. The molecule has 0 atom stereocenters. The summed E-state index contributed by atoms with van der Waals surface area (Å²) in [6.07, 6.45) is 0.639.